The molecule has 1 aromatic heterocycles. The zero-order valence-electron chi connectivity index (χ0n) is 13.4. The fraction of sp³-hybridized carbons (Fsp3) is 0.176. The van der Waals surface area contributed by atoms with Crippen LogP contribution in [-0.4, -0.2) is 25.1 Å². The van der Waals surface area contributed by atoms with Gasteiger partial charge in [-0.1, -0.05) is 35.5 Å². The summed E-state index contributed by atoms with van der Waals surface area (Å²) in [5.41, 5.74) is 1.09. The summed E-state index contributed by atoms with van der Waals surface area (Å²) in [5, 5.41) is 3.88. The molecule has 0 amide bonds. The lowest BCUT2D eigenvalue weighted by Gasteiger charge is -2.06. The maximum Gasteiger partial charge on any atom is 0.240 e. The van der Waals surface area contributed by atoms with E-state index in [0.717, 1.165) is 11.6 Å². The SMILES string of the molecule is Cc1cc(S(=O)(=O)NCCc2nc(-c3ccccc3)no2)ccc1F. The van der Waals surface area contributed by atoms with Crippen LogP contribution in [0.25, 0.3) is 11.4 Å². The number of rotatable bonds is 6. The molecule has 0 atom stereocenters. The van der Waals surface area contributed by atoms with Crippen LogP contribution < -0.4 is 4.72 Å². The first-order chi connectivity index (χ1) is 12.0. The van der Waals surface area contributed by atoms with Gasteiger partial charge < -0.3 is 4.52 Å². The van der Waals surface area contributed by atoms with Crippen molar-refractivity contribution in [1.29, 1.82) is 0 Å². The van der Waals surface area contributed by atoms with Gasteiger partial charge in [0.1, 0.15) is 5.82 Å². The van der Waals surface area contributed by atoms with Gasteiger partial charge in [0.25, 0.3) is 0 Å². The number of benzene rings is 2. The monoisotopic (exact) mass is 361 g/mol. The second kappa shape index (κ2) is 7.12. The van der Waals surface area contributed by atoms with Gasteiger partial charge in [0.15, 0.2) is 0 Å². The molecule has 6 nitrogen and oxygen atoms in total. The smallest absolute Gasteiger partial charge is 0.240 e. The Bertz CT molecular complexity index is 972. The Kier molecular flexibility index (Phi) is 4.91. The number of aryl methyl sites for hydroxylation is 1. The van der Waals surface area contributed by atoms with Crippen molar-refractivity contribution in [3.05, 3.63) is 65.8 Å². The third-order valence-corrected chi connectivity index (χ3v) is 5.03. The van der Waals surface area contributed by atoms with E-state index in [-0.39, 0.29) is 23.4 Å². The van der Waals surface area contributed by atoms with Gasteiger partial charge in [-0.05, 0) is 30.7 Å². The second-order valence-corrected chi connectivity index (χ2v) is 7.20. The zero-order chi connectivity index (χ0) is 17.9. The third-order valence-electron chi connectivity index (χ3n) is 3.57. The molecule has 0 fully saturated rings. The molecule has 3 rings (SSSR count). The van der Waals surface area contributed by atoms with Crippen molar-refractivity contribution in [2.24, 2.45) is 0 Å². The number of sulfonamides is 1. The van der Waals surface area contributed by atoms with Crippen molar-refractivity contribution in [3.63, 3.8) is 0 Å². The van der Waals surface area contributed by atoms with E-state index in [1.54, 1.807) is 0 Å². The molecule has 0 aliphatic heterocycles. The highest BCUT2D eigenvalue weighted by atomic mass is 32.2. The van der Waals surface area contributed by atoms with Crippen LogP contribution in [0.3, 0.4) is 0 Å². The minimum absolute atomic E-state index is 0.0157. The molecule has 1 heterocycles. The molecule has 130 valence electrons. The van der Waals surface area contributed by atoms with Gasteiger partial charge in [-0.25, -0.2) is 17.5 Å². The standard InChI is InChI=1S/C17H16FN3O3S/c1-12-11-14(7-8-15(12)18)25(22,23)19-10-9-16-20-17(21-24-16)13-5-3-2-4-6-13/h2-8,11,19H,9-10H2,1H3. The van der Waals surface area contributed by atoms with E-state index in [1.807, 2.05) is 30.3 Å². The van der Waals surface area contributed by atoms with E-state index in [4.69, 9.17) is 4.52 Å². The van der Waals surface area contributed by atoms with Gasteiger partial charge in [-0.2, -0.15) is 4.98 Å². The lowest BCUT2D eigenvalue weighted by molar-refractivity contribution is 0.379. The molecular weight excluding hydrogens is 345 g/mol. The predicted molar refractivity (Wildman–Crippen MR) is 89.8 cm³/mol. The van der Waals surface area contributed by atoms with Crippen molar-refractivity contribution in [3.8, 4) is 11.4 Å². The Morgan fingerprint density at radius 3 is 2.64 bits per heavy atom. The van der Waals surface area contributed by atoms with Gasteiger partial charge in [-0.3, -0.25) is 0 Å². The molecule has 0 radical (unpaired) electrons. The third kappa shape index (κ3) is 4.09. The highest BCUT2D eigenvalue weighted by molar-refractivity contribution is 7.89. The largest absolute Gasteiger partial charge is 0.339 e. The molecular formula is C17H16FN3O3S. The normalized spacial score (nSPS) is 11.6. The molecule has 0 bridgehead atoms. The molecule has 0 aliphatic carbocycles. The number of hydrogen-bond donors (Lipinski definition) is 1. The molecule has 25 heavy (non-hydrogen) atoms. The van der Waals surface area contributed by atoms with Gasteiger partial charge in [-0.15, -0.1) is 0 Å². The summed E-state index contributed by atoms with van der Waals surface area (Å²) >= 11 is 0. The molecule has 0 saturated heterocycles. The van der Waals surface area contributed by atoms with Crippen LogP contribution in [0.5, 0.6) is 0 Å². The molecule has 0 aliphatic rings. The van der Waals surface area contributed by atoms with E-state index in [1.165, 1.54) is 19.1 Å². The fourth-order valence-electron chi connectivity index (χ4n) is 2.22. The van der Waals surface area contributed by atoms with E-state index in [9.17, 15) is 12.8 Å². The zero-order valence-corrected chi connectivity index (χ0v) is 14.3. The Hall–Kier alpha value is -2.58. The van der Waals surface area contributed by atoms with Crippen molar-refractivity contribution in [2.45, 2.75) is 18.2 Å². The first-order valence-electron chi connectivity index (χ1n) is 7.59. The lowest BCUT2D eigenvalue weighted by atomic mass is 10.2. The number of nitrogens with zero attached hydrogens (tertiary/aromatic N) is 2. The maximum atomic E-state index is 13.3. The Labute approximate surface area is 144 Å². The summed E-state index contributed by atoms with van der Waals surface area (Å²) in [6, 6.07) is 13.0. The summed E-state index contributed by atoms with van der Waals surface area (Å²) in [6.45, 7) is 1.60. The van der Waals surface area contributed by atoms with Crippen molar-refractivity contribution >= 4 is 10.0 Å². The summed E-state index contributed by atoms with van der Waals surface area (Å²) in [4.78, 5) is 4.25. The molecule has 8 heteroatoms. The first kappa shape index (κ1) is 17.2. The highest BCUT2D eigenvalue weighted by Crippen LogP contribution is 2.16. The van der Waals surface area contributed by atoms with E-state index in [0.29, 0.717) is 11.7 Å². The van der Waals surface area contributed by atoms with Crippen LogP contribution in [0.2, 0.25) is 0 Å². The van der Waals surface area contributed by atoms with Crippen molar-refractivity contribution < 1.29 is 17.3 Å². The minimum atomic E-state index is -3.72. The topological polar surface area (TPSA) is 85.1 Å². The van der Waals surface area contributed by atoms with Gasteiger partial charge in [0.05, 0.1) is 4.90 Å². The quantitative estimate of drug-likeness (QED) is 0.730. The second-order valence-electron chi connectivity index (χ2n) is 5.44. The van der Waals surface area contributed by atoms with Crippen LogP contribution in [0, 0.1) is 12.7 Å². The summed E-state index contributed by atoms with van der Waals surface area (Å²) in [7, 11) is -3.72. The molecule has 0 saturated carbocycles. The first-order valence-corrected chi connectivity index (χ1v) is 9.08. The Balaban J connectivity index is 1.63. The molecule has 3 aromatic rings. The molecule has 2 aromatic carbocycles. The number of nitrogens with one attached hydrogen (secondary N) is 1. The van der Waals surface area contributed by atoms with Gasteiger partial charge >= 0.3 is 0 Å². The van der Waals surface area contributed by atoms with Crippen LogP contribution in [-0.2, 0) is 16.4 Å². The van der Waals surface area contributed by atoms with Crippen molar-refractivity contribution in [1.82, 2.24) is 14.9 Å². The Morgan fingerprint density at radius 2 is 1.92 bits per heavy atom. The minimum Gasteiger partial charge on any atom is -0.339 e. The van der Waals surface area contributed by atoms with Crippen molar-refractivity contribution in [2.75, 3.05) is 6.54 Å². The highest BCUT2D eigenvalue weighted by Gasteiger charge is 2.16. The van der Waals surface area contributed by atoms with Crippen LogP contribution in [0.4, 0.5) is 4.39 Å². The lowest BCUT2D eigenvalue weighted by Crippen LogP contribution is -2.26. The van der Waals surface area contributed by atoms with Crippen LogP contribution >= 0.6 is 0 Å². The van der Waals surface area contributed by atoms with Crippen LogP contribution in [0.15, 0.2) is 57.9 Å². The number of aromatic nitrogens is 2. The summed E-state index contributed by atoms with van der Waals surface area (Å²) < 4.78 is 45.3. The average molecular weight is 361 g/mol. The fourth-order valence-corrected chi connectivity index (χ4v) is 3.34. The van der Waals surface area contributed by atoms with E-state index in [2.05, 4.69) is 14.9 Å². The van der Waals surface area contributed by atoms with E-state index >= 15 is 0 Å². The number of hydrogen-bond acceptors (Lipinski definition) is 5. The summed E-state index contributed by atoms with van der Waals surface area (Å²) in [6.07, 6.45) is 0.249. The molecule has 1 N–H and O–H groups in total. The Morgan fingerprint density at radius 1 is 1.16 bits per heavy atom. The number of halogens is 1. The maximum absolute atomic E-state index is 13.3. The predicted octanol–water partition coefficient (Wildman–Crippen LogP) is 2.71. The van der Waals surface area contributed by atoms with Gasteiger partial charge in [0.2, 0.25) is 21.7 Å². The molecule has 0 unspecified atom stereocenters. The van der Waals surface area contributed by atoms with Crippen LogP contribution in [0.1, 0.15) is 11.5 Å². The summed E-state index contributed by atoms with van der Waals surface area (Å²) in [5.74, 6) is 0.336. The molecule has 0 spiro atoms. The van der Waals surface area contributed by atoms with E-state index < -0.39 is 15.8 Å². The average Bonchev–Trinajstić information content (AvgIpc) is 3.07. The van der Waals surface area contributed by atoms with Gasteiger partial charge in [0, 0.05) is 18.5 Å².